The predicted octanol–water partition coefficient (Wildman–Crippen LogP) is 5.97. The number of nitrogens with one attached hydrogen (secondary N) is 2. The van der Waals surface area contributed by atoms with Gasteiger partial charge in [0.2, 0.25) is 5.88 Å². The molecular formula is C25H21F4N5O2. The van der Waals surface area contributed by atoms with Crippen LogP contribution in [0.4, 0.5) is 33.7 Å². The molecule has 0 aliphatic rings. The van der Waals surface area contributed by atoms with E-state index in [4.69, 9.17) is 4.74 Å². The zero-order valence-electron chi connectivity index (χ0n) is 19.2. The zero-order chi connectivity index (χ0) is 25.9. The van der Waals surface area contributed by atoms with Crippen LogP contribution in [0.1, 0.15) is 11.1 Å². The Morgan fingerprint density at radius 3 is 2.42 bits per heavy atom. The van der Waals surface area contributed by atoms with Crippen molar-refractivity contribution in [1.29, 1.82) is 0 Å². The number of nitrogens with zero attached hydrogens (tertiary/aromatic N) is 3. The number of hydrogen-bond donors (Lipinski definition) is 2. The number of hydrogen-bond acceptors (Lipinski definition) is 5. The fraction of sp³-hybridized carbons (Fsp3) is 0.160. The summed E-state index contributed by atoms with van der Waals surface area (Å²) in [6.07, 6.45) is -3.09. The van der Waals surface area contributed by atoms with Gasteiger partial charge in [0, 0.05) is 32.4 Å². The third-order valence-corrected chi connectivity index (χ3v) is 5.24. The van der Waals surface area contributed by atoms with Gasteiger partial charge in [-0.1, -0.05) is 12.1 Å². The van der Waals surface area contributed by atoms with Crippen LogP contribution in [0.5, 0.6) is 11.6 Å². The first-order valence-corrected chi connectivity index (χ1v) is 10.7. The molecule has 1 heterocycles. The maximum atomic E-state index is 14.6. The van der Waals surface area contributed by atoms with Crippen molar-refractivity contribution in [2.75, 3.05) is 24.3 Å². The van der Waals surface area contributed by atoms with E-state index in [0.717, 1.165) is 23.9 Å². The van der Waals surface area contributed by atoms with Gasteiger partial charge in [-0.15, -0.1) is 0 Å². The van der Waals surface area contributed by atoms with E-state index in [-0.39, 0.29) is 23.9 Å². The number of carbonyl (C=O) groups is 1. The molecule has 0 fully saturated rings. The Hall–Kier alpha value is -4.41. The number of carbonyl (C=O) groups excluding carboxylic acids is 1. The van der Waals surface area contributed by atoms with Gasteiger partial charge in [-0.2, -0.15) is 13.2 Å². The van der Waals surface area contributed by atoms with Crippen LogP contribution in [0, 0.1) is 5.82 Å². The Morgan fingerprint density at radius 2 is 1.75 bits per heavy atom. The first-order valence-electron chi connectivity index (χ1n) is 10.7. The summed E-state index contributed by atoms with van der Waals surface area (Å²) in [5, 5.41) is 5.48. The molecule has 0 aliphatic heterocycles. The molecule has 0 spiro atoms. The monoisotopic (exact) mass is 499 g/mol. The lowest BCUT2D eigenvalue weighted by Gasteiger charge is -2.14. The number of alkyl halides is 3. The number of fused-ring (bicyclic) bond motifs is 1. The largest absolute Gasteiger partial charge is 0.438 e. The zero-order valence-corrected chi connectivity index (χ0v) is 19.2. The van der Waals surface area contributed by atoms with Gasteiger partial charge in [-0.05, 0) is 48.0 Å². The summed E-state index contributed by atoms with van der Waals surface area (Å²) < 4.78 is 58.3. The highest BCUT2D eigenvalue weighted by molar-refractivity contribution is 5.89. The van der Waals surface area contributed by atoms with Crippen LogP contribution in [0.15, 0.2) is 67.0 Å². The normalized spacial score (nSPS) is 11.3. The predicted molar refractivity (Wildman–Crippen MR) is 128 cm³/mol. The molecule has 0 bridgehead atoms. The fourth-order valence-corrected chi connectivity index (χ4v) is 3.31. The molecule has 11 heteroatoms. The Bertz CT molecular complexity index is 1390. The highest BCUT2D eigenvalue weighted by atomic mass is 19.4. The minimum absolute atomic E-state index is 0.0386. The highest BCUT2D eigenvalue weighted by Gasteiger charge is 2.29. The molecular weight excluding hydrogens is 478 g/mol. The maximum Gasteiger partial charge on any atom is 0.416 e. The second-order valence-corrected chi connectivity index (χ2v) is 8.02. The lowest BCUT2D eigenvalue weighted by atomic mass is 10.1. The topological polar surface area (TPSA) is 79.4 Å². The minimum Gasteiger partial charge on any atom is -0.438 e. The number of rotatable bonds is 6. The van der Waals surface area contributed by atoms with Gasteiger partial charge in [-0.25, -0.2) is 19.2 Å². The van der Waals surface area contributed by atoms with E-state index in [1.54, 1.807) is 0 Å². The number of ether oxygens (including phenoxy) is 1. The van der Waals surface area contributed by atoms with E-state index >= 15 is 0 Å². The molecule has 3 aromatic carbocycles. The van der Waals surface area contributed by atoms with Crippen LogP contribution in [-0.2, 0) is 12.7 Å². The lowest BCUT2D eigenvalue weighted by molar-refractivity contribution is -0.137. The molecule has 36 heavy (non-hydrogen) atoms. The molecule has 0 atom stereocenters. The quantitative estimate of drug-likeness (QED) is 0.320. The number of aromatic nitrogens is 2. The molecule has 2 amide bonds. The number of halogens is 4. The van der Waals surface area contributed by atoms with E-state index in [1.807, 2.05) is 37.2 Å². The Kier molecular flexibility index (Phi) is 6.91. The van der Waals surface area contributed by atoms with Crippen molar-refractivity contribution < 1.29 is 27.1 Å². The third kappa shape index (κ3) is 5.80. The Morgan fingerprint density at radius 1 is 1.00 bits per heavy atom. The van der Waals surface area contributed by atoms with Crippen molar-refractivity contribution in [3.63, 3.8) is 0 Å². The molecule has 0 radical (unpaired) electrons. The molecule has 1 aromatic heterocycles. The molecule has 0 saturated carbocycles. The van der Waals surface area contributed by atoms with Crippen LogP contribution >= 0.6 is 0 Å². The lowest BCUT2D eigenvalue weighted by Crippen LogP contribution is -2.28. The minimum atomic E-state index is -4.44. The third-order valence-electron chi connectivity index (χ3n) is 5.24. The standard InChI is InChI=1S/C25H21F4N5O2/c1-34(2)17-7-9-19-22(11-17)31-14-32-23(19)36-18-8-10-21(20(26)12-18)33-24(35)30-13-15-3-5-16(6-4-15)25(27,28)29/h3-12,14H,13H2,1-2H3,(H2,30,33,35). The first-order chi connectivity index (χ1) is 17.1. The van der Waals surface area contributed by atoms with Crippen LogP contribution in [-0.4, -0.2) is 30.1 Å². The Balaban J connectivity index is 1.39. The smallest absolute Gasteiger partial charge is 0.416 e. The van der Waals surface area contributed by atoms with E-state index in [1.165, 1.54) is 30.6 Å². The molecule has 0 saturated heterocycles. The number of benzene rings is 3. The summed E-state index contributed by atoms with van der Waals surface area (Å²) in [7, 11) is 3.82. The highest BCUT2D eigenvalue weighted by Crippen LogP contribution is 2.31. The second kappa shape index (κ2) is 10.1. The van der Waals surface area contributed by atoms with Crippen molar-refractivity contribution in [1.82, 2.24) is 15.3 Å². The molecule has 0 aliphatic carbocycles. The van der Waals surface area contributed by atoms with Gasteiger partial charge in [0.1, 0.15) is 17.9 Å². The fourth-order valence-electron chi connectivity index (χ4n) is 3.31. The van der Waals surface area contributed by atoms with E-state index < -0.39 is 23.6 Å². The Labute approximate surface area is 203 Å². The summed E-state index contributed by atoms with van der Waals surface area (Å²) in [4.78, 5) is 22.5. The molecule has 4 aromatic rings. The summed E-state index contributed by atoms with van der Waals surface area (Å²) >= 11 is 0. The molecule has 7 nitrogen and oxygen atoms in total. The SMILES string of the molecule is CN(C)c1ccc2c(Oc3ccc(NC(=O)NCc4ccc(C(F)(F)F)cc4)c(F)c3)ncnc2c1. The molecule has 2 N–H and O–H groups in total. The first kappa shape index (κ1) is 24.7. The van der Waals surface area contributed by atoms with E-state index in [2.05, 4.69) is 20.6 Å². The van der Waals surface area contributed by atoms with Crippen molar-refractivity contribution in [3.05, 3.63) is 83.9 Å². The van der Waals surface area contributed by atoms with Crippen LogP contribution in [0.25, 0.3) is 10.9 Å². The summed E-state index contributed by atoms with van der Waals surface area (Å²) in [5.41, 5.74) is 1.18. The van der Waals surface area contributed by atoms with Gasteiger partial charge >= 0.3 is 12.2 Å². The number of anilines is 2. The van der Waals surface area contributed by atoms with E-state index in [0.29, 0.717) is 16.5 Å². The van der Waals surface area contributed by atoms with Crippen molar-refractivity contribution in [2.45, 2.75) is 12.7 Å². The number of amides is 2. The average Bonchev–Trinajstić information content (AvgIpc) is 2.84. The number of urea groups is 1. The summed E-state index contributed by atoms with van der Waals surface area (Å²) in [6, 6.07) is 13.1. The summed E-state index contributed by atoms with van der Waals surface area (Å²) in [6.45, 7) is -0.0386. The van der Waals surface area contributed by atoms with Gasteiger partial charge in [-0.3, -0.25) is 0 Å². The second-order valence-electron chi connectivity index (χ2n) is 8.02. The maximum absolute atomic E-state index is 14.6. The van der Waals surface area contributed by atoms with Crippen molar-refractivity contribution >= 4 is 28.3 Å². The summed E-state index contributed by atoms with van der Waals surface area (Å²) in [5.74, 6) is -0.329. The van der Waals surface area contributed by atoms with Gasteiger partial charge < -0.3 is 20.3 Å². The van der Waals surface area contributed by atoms with Gasteiger partial charge in [0.05, 0.1) is 22.2 Å². The van der Waals surface area contributed by atoms with Gasteiger partial charge in [0.25, 0.3) is 0 Å². The molecule has 4 rings (SSSR count). The van der Waals surface area contributed by atoms with Crippen molar-refractivity contribution in [2.24, 2.45) is 0 Å². The average molecular weight is 499 g/mol. The molecule has 186 valence electrons. The van der Waals surface area contributed by atoms with Crippen LogP contribution < -0.4 is 20.3 Å². The van der Waals surface area contributed by atoms with Gasteiger partial charge in [0.15, 0.2) is 0 Å². The van der Waals surface area contributed by atoms with Crippen molar-refractivity contribution in [3.8, 4) is 11.6 Å². The molecule has 0 unspecified atom stereocenters. The van der Waals surface area contributed by atoms with Crippen LogP contribution in [0.2, 0.25) is 0 Å². The van der Waals surface area contributed by atoms with Crippen LogP contribution in [0.3, 0.4) is 0 Å². The van der Waals surface area contributed by atoms with E-state index in [9.17, 15) is 22.4 Å².